The predicted molar refractivity (Wildman–Crippen MR) is 88.1 cm³/mol. The molecule has 2 aromatic carbocycles. The van der Waals surface area contributed by atoms with E-state index in [9.17, 15) is 36.2 Å². The van der Waals surface area contributed by atoms with Gasteiger partial charge in [0.05, 0.1) is 16.8 Å². The average Bonchev–Trinajstić information content (AvgIpc) is 2.93. The van der Waals surface area contributed by atoms with E-state index in [-0.39, 0.29) is 16.5 Å². The minimum absolute atomic E-state index is 0.203. The lowest BCUT2D eigenvalue weighted by Crippen LogP contribution is -2.22. The molecule has 1 heterocycles. The molecule has 0 radical (unpaired) electrons. The molecular weight excluding hydrogens is 390 g/mol. The number of rotatable bonds is 2. The van der Waals surface area contributed by atoms with Gasteiger partial charge in [0.2, 0.25) is 0 Å². The molecule has 1 amide bonds. The minimum atomic E-state index is -5.29. The Bertz CT molecular complexity index is 1060. The zero-order valence-electron chi connectivity index (χ0n) is 13.7. The van der Waals surface area contributed by atoms with Gasteiger partial charge in [0.15, 0.2) is 5.88 Å². The maximum absolute atomic E-state index is 12.8. The molecule has 0 atom stereocenters. The SMILES string of the molecule is O=C(N=C(c1ccc(C(F)(F)F)cc1)c1c(O)[nH]c2ccccc12)C(F)(F)F. The number of nitrogens with one attached hydrogen (secondary N) is 1. The van der Waals surface area contributed by atoms with E-state index < -0.39 is 35.4 Å². The Labute approximate surface area is 153 Å². The van der Waals surface area contributed by atoms with E-state index >= 15 is 0 Å². The van der Waals surface area contributed by atoms with Crippen molar-refractivity contribution in [1.82, 2.24) is 4.98 Å². The quantitative estimate of drug-likeness (QED) is 0.479. The number of aromatic amines is 1. The van der Waals surface area contributed by atoms with Gasteiger partial charge in [-0.15, -0.1) is 0 Å². The van der Waals surface area contributed by atoms with Gasteiger partial charge in [0, 0.05) is 16.5 Å². The van der Waals surface area contributed by atoms with E-state index in [1.165, 1.54) is 18.2 Å². The molecule has 0 saturated heterocycles. The van der Waals surface area contributed by atoms with Gasteiger partial charge in [0.1, 0.15) is 0 Å². The Morgan fingerprint density at radius 1 is 0.929 bits per heavy atom. The summed E-state index contributed by atoms with van der Waals surface area (Å²) in [6.07, 6.45) is -9.95. The van der Waals surface area contributed by atoms with Crippen LogP contribution in [0.25, 0.3) is 10.9 Å². The molecule has 2 N–H and O–H groups in total. The zero-order valence-corrected chi connectivity index (χ0v) is 13.7. The number of hydrogen-bond acceptors (Lipinski definition) is 2. The van der Waals surface area contributed by atoms with Crippen molar-refractivity contribution in [3.05, 3.63) is 65.2 Å². The van der Waals surface area contributed by atoms with Crippen molar-refractivity contribution >= 4 is 22.5 Å². The molecular formula is C18H10F6N2O2. The van der Waals surface area contributed by atoms with Crippen LogP contribution in [0.15, 0.2) is 53.5 Å². The number of aliphatic imine (C=N–C) groups is 1. The summed E-state index contributed by atoms with van der Waals surface area (Å²) >= 11 is 0. The summed E-state index contributed by atoms with van der Waals surface area (Å²) in [5, 5.41) is 10.4. The molecule has 0 aliphatic heterocycles. The van der Waals surface area contributed by atoms with Crippen LogP contribution in [0.4, 0.5) is 26.3 Å². The Balaban J connectivity index is 2.23. The Kier molecular flexibility index (Phi) is 4.66. The summed E-state index contributed by atoms with van der Waals surface area (Å²) < 4.78 is 76.4. The molecule has 0 aliphatic rings. The van der Waals surface area contributed by atoms with Crippen molar-refractivity contribution in [3.8, 4) is 5.88 Å². The largest absolute Gasteiger partial charge is 0.494 e. The first kappa shape index (κ1) is 19.5. The zero-order chi connectivity index (χ0) is 20.7. The highest BCUT2D eigenvalue weighted by atomic mass is 19.4. The molecule has 10 heteroatoms. The second-order valence-electron chi connectivity index (χ2n) is 5.73. The summed E-state index contributed by atoms with van der Waals surface area (Å²) in [7, 11) is 0. The Morgan fingerprint density at radius 2 is 1.54 bits per heavy atom. The van der Waals surface area contributed by atoms with Crippen LogP contribution in [0, 0.1) is 0 Å². The number of amides is 1. The molecule has 3 aromatic rings. The van der Waals surface area contributed by atoms with Crippen molar-refractivity contribution in [2.24, 2.45) is 4.99 Å². The number of nitrogens with zero attached hydrogens (tertiary/aromatic N) is 1. The Morgan fingerprint density at radius 3 is 2.11 bits per heavy atom. The third kappa shape index (κ3) is 3.71. The lowest BCUT2D eigenvalue weighted by Gasteiger charge is -2.10. The fourth-order valence-electron chi connectivity index (χ4n) is 2.61. The lowest BCUT2D eigenvalue weighted by molar-refractivity contribution is -0.169. The van der Waals surface area contributed by atoms with E-state index in [4.69, 9.17) is 0 Å². The number of aromatic hydroxyl groups is 1. The fourth-order valence-corrected chi connectivity index (χ4v) is 2.61. The number of hydrogen-bond donors (Lipinski definition) is 2. The predicted octanol–water partition coefficient (Wildman–Crippen LogP) is 4.82. The third-order valence-corrected chi connectivity index (χ3v) is 3.86. The fraction of sp³-hybridized carbons (Fsp3) is 0.111. The molecule has 146 valence electrons. The van der Waals surface area contributed by atoms with Crippen LogP contribution in [0.2, 0.25) is 0 Å². The van der Waals surface area contributed by atoms with E-state index in [0.29, 0.717) is 17.6 Å². The van der Waals surface area contributed by atoms with Crippen molar-refractivity contribution in [2.45, 2.75) is 12.4 Å². The van der Waals surface area contributed by atoms with Crippen LogP contribution in [0.1, 0.15) is 16.7 Å². The number of halogens is 6. The van der Waals surface area contributed by atoms with Crippen LogP contribution in [-0.2, 0) is 11.0 Å². The van der Waals surface area contributed by atoms with E-state index in [0.717, 1.165) is 12.1 Å². The molecule has 3 rings (SSSR count). The summed E-state index contributed by atoms with van der Waals surface area (Å²) in [5.74, 6) is -3.03. The number of benzene rings is 2. The van der Waals surface area contributed by atoms with Crippen LogP contribution in [0.3, 0.4) is 0 Å². The highest BCUT2D eigenvalue weighted by molar-refractivity contribution is 6.23. The van der Waals surface area contributed by atoms with E-state index in [1.807, 2.05) is 0 Å². The summed E-state index contributed by atoms with van der Waals surface area (Å²) in [5.41, 5.74) is -1.72. The average molecular weight is 400 g/mol. The summed E-state index contributed by atoms with van der Waals surface area (Å²) in [6, 6.07) is 9.17. The Hall–Kier alpha value is -3.30. The summed E-state index contributed by atoms with van der Waals surface area (Å²) in [4.78, 5) is 17.0. The smallest absolute Gasteiger partial charge is 0.473 e. The molecule has 0 spiro atoms. The molecule has 0 saturated carbocycles. The van der Waals surface area contributed by atoms with E-state index in [1.54, 1.807) is 6.07 Å². The number of carbonyl (C=O) groups is 1. The molecule has 28 heavy (non-hydrogen) atoms. The molecule has 1 aromatic heterocycles. The number of para-hydroxylation sites is 1. The van der Waals surface area contributed by atoms with Crippen molar-refractivity contribution in [1.29, 1.82) is 0 Å². The maximum Gasteiger partial charge on any atom is 0.473 e. The molecule has 4 nitrogen and oxygen atoms in total. The van der Waals surface area contributed by atoms with Gasteiger partial charge in [-0.05, 0) is 18.2 Å². The summed E-state index contributed by atoms with van der Waals surface area (Å²) in [6.45, 7) is 0. The van der Waals surface area contributed by atoms with Gasteiger partial charge in [-0.2, -0.15) is 26.3 Å². The van der Waals surface area contributed by atoms with E-state index in [2.05, 4.69) is 9.98 Å². The first-order chi connectivity index (χ1) is 13.0. The minimum Gasteiger partial charge on any atom is -0.494 e. The number of carbonyl (C=O) groups excluding carboxylic acids is 1. The first-order valence-electron chi connectivity index (χ1n) is 7.66. The number of aromatic nitrogens is 1. The van der Waals surface area contributed by atoms with Crippen LogP contribution < -0.4 is 0 Å². The third-order valence-electron chi connectivity index (χ3n) is 3.86. The van der Waals surface area contributed by atoms with Gasteiger partial charge in [-0.1, -0.05) is 30.3 Å². The highest BCUT2D eigenvalue weighted by Crippen LogP contribution is 2.33. The molecule has 0 bridgehead atoms. The molecule has 0 fully saturated rings. The van der Waals surface area contributed by atoms with Gasteiger partial charge in [-0.3, -0.25) is 4.79 Å². The lowest BCUT2D eigenvalue weighted by atomic mass is 9.99. The maximum atomic E-state index is 12.8. The second-order valence-corrected chi connectivity index (χ2v) is 5.73. The van der Waals surface area contributed by atoms with Crippen molar-refractivity contribution in [3.63, 3.8) is 0 Å². The van der Waals surface area contributed by atoms with Crippen LogP contribution in [0.5, 0.6) is 5.88 Å². The normalized spacial score (nSPS) is 13.1. The molecule has 0 aliphatic carbocycles. The van der Waals surface area contributed by atoms with Gasteiger partial charge >= 0.3 is 18.3 Å². The number of alkyl halides is 6. The number of H-pyrrole nitrogens is 1. The highest BCUT2D eigenvalue weighted by Gasteiger charge is 2.39. The van der Waals surface area contributed by atoms with Crippen LogP contribution >= 0.6 is 0 Å². The first-order valence-corrected chi connectivity index (χ1v) is 7.66. The number of fused-ring (bicyclic) bond motifs is 1. The van der Waals surface area contributed by atoms with Crippen LogP contribution in [-0.4, -0.2) is 27.9 Å². The standard InChI is InChI=1S/C18H10F6N2O2/c19-17(20,21)10-7-5-9(6-8-10)14(26-16(28)18(22,23)24)13-11-3-1-2-4-12(11)25-15(13)27/h1-8,25,27H. The van der Waals surface area contributed by atoms with Gasteiger partial charge < -0.3 is 10.1 Å². The van der Waals surface area contributed by atoms with Gasteiger partial charge in [0.25, 0.3) is 0 Å². The second kappa shape index (κ2) is 6.70. The topological polar surface area (TPSA) is 65.4 Å². The molecule has 0 unspecified atom stereocenters. The van der Waals surface area contributed by atoms with Gasteiger partial charge in [-0.25, -0.2) is 4.99 Å². The monoisotopic (exact) mass is 400 g/mol. The van der Waals surface area contributed by atoms with Crippen molar-refractivity contribution < 1.29 is 36.2 Å². The van der Waals surface area contributed by atoms with Crippen molar-refractivity contribution in [2.75, 3.05) is 0 Å².